The number of nitrogens with zero attached hydrogens (tertiary/aromatic N) is 2. The third kappa shape index (κ3) is 4.71. The Morgan fingerprint density at radius 2 is 0.722 bits per heavy atom. The van der Waals surface area contributed by atoms with E-state index in [0.29, 0.717) is 11.1 Å². The van der Waals surface area contributed by atoms with E-state index in [9.17, 15) is 0 Å². The molecule has 0 aromatic heterocycles. The molecule has 0 aliphatic heterocycles. The van der Waals surface area contributed by atoms with Crippen molar-refractivity contribution in [1.29, 1.82) is 10.5 Å². The Hall–Kier alpha value is -5.18. The Balaban J connectivity index is 0.000000148. The summed E-state index contributed by atoms with van der Waals surface area (Å²) < 4.78 is 0. The van der Waals surface area contributed by atoms with Crippen molar-refractivity contribution in [3.63, 3.8) is 0 Å². The van der Waals surface area contributed by atoms with Crippen LogP contribution in [0.25, 0.3) is 43.8 Å². The normalized spacial score (nSPS) is 10.2. The van der Waals surface area contributed by atoms with E-state index < -0.39 is 0 Å². The lowest BCUT2D eigenvalue weighted by atomic mass is 9.98. The molecule has 0 fully saturated rings. The summed E-state index contributed by atoms with van der Waals surface area (Å²) in [6, 6.07) is 49.0. The van der Waals surface area contributed by atoms with Gasteiger partial charge in [0, 0.05) is 0 Å². The van der Waals surface area contributed by atoms with Gasteiger partial charge in [-0.25, -0.2) is 0 Å². The second kappa shape index (κ2) is 10.4. The fourth-order valence-electron chi connectivity index (χ4n) is 4.40. The molecule has 0 amide bonds. The highest BCUT2D eigenvalue weighted by molar-refractivity contribution is 5.97. The van der Waals surface area contributed by atoms with Crippen molar-refractivity contribution >= 4 is 21.5 Å². The van der Waals surface area contributed by atoms with Crippen LogP contribution < -0.4 is 0 Å². The Bertz CT molecular complexity index is 1590. The summed E-state index contributed by atoms with van der Waals surface area (Å²) in [7, 11) is 0. The van der Waals surface area contributed by atoms with E-state index in [1.807, 2.05) is 60.7 Å². The SMILES string of the molecule is N#Cc1ccc(-c2cccc3ccccc23)cc1.N#Cc1ccc(-c2cccc3ccccc23)cc1. The molecule has 0 spiro atoms. The van der Waals surface area contributed by atoms with Gasteiger partial charge < -0.3 is 0 Å². The molecule has 168 valence electrons. The van der Waals surface area contributed by atoms with E-state index >= 15 is 0 Å². The smallest absolute Gasteiger partial charge is 0.0991 e. The number of nitriles is 2. The quantitative estimate of drug-likeness (QED) is 0.260. The lowest BCUT2D eigenvalue weighted by Gasteiger charge is -2.06. The average molecular weight is 459 g/mol. The van der Waals surface area contributed by atoms with Crippen molar-refractivity contribution in [2.45, 2.75) is 0 Å². The summed E-state index contributed by atoms with van der Waals surface area (Å²) >= 11 is 0. The Labute approximate surface area is 210 Å². The van der Waals surface area contributed by atoms with Crippen LogP contribution in [0.4, 0.5) is 0 Å². The van der Waals surface area contributed by atoms with Crippen LogP contribution in [0.3, 0.4) is 0 Å². The number of fused-ring (bicyclic) bond motifs is 2. The van der Waals surface area contributed by atoms with Crippen molar-refractivity contribution in [2.24, 2.45) is 0 Å². The molecule has 0 radical (unpaired) electrons. The molecule has 36 heavy (non-hydrogen) atoms. The van der Waals surface area contributed by atoms with Crippen LogP contribution in [0.5, 0.6) is 0 Å². The largest absolute Gasteiger partial charge is 0.192 e. The first kappa shape index (κ1) is 22.6. The van der Waals surface area contributed by atoms with E-state index in [1.54, 1.807) is 0 Å². The zero-order valence-electron chi connectivity index (χ0n) is 19.6. The van der Waals surface area contributed by atoms with Crippen LogP contribution in [-0.4, -0.2) is 0 Å². The highest BCUT2D eigenvalue weighted by Crippen LogP contribution is 2.29. The topological polar surface area (TPSA) is 47.6 Å². The van der Waals surface area contributed by atoms with Crippen LogP contribution in [0.1, 0.15) is 11.1 Å². The second-order valence-electron chi connectivity index (χ2n) is 8.43. The van der Waals surface area contributed by atoms with Crippen LogP contribution in [0.2, 0.25) is 0 Å². The van der Waals surface area contributed by atoms with Crippen molar-refractivity contribution < 1.29 is 0 Å². The van der Waals surface area contributed by atoms with Gasteiger partial charge in [0.05, 0.1) is 23.3 Å². The van der Waals surface area contributed by atoms with Crippen molar-refractivity contribution in [3.05, 3.63) is 145 Å². The minimum Gasteiger partial charge on any atom is -0.192 e. The lowest BCUT2D eigenvalue weighted by molar-refractivity contribution is 1.48. The minimum atomic E-state index is 0.694. The van der Waals surface area contributed by atoms with Gasteiger partial charge in [0.25, 0.3) is 0 Å². The summed E-state index contributed by atoms with van der Waals surface area (Å²) in [4.78, 5) is 0. The molecule has 0 unspecified atom stereocenters. The first-order chi connectivity index (χ1) is 17.8. The number of hydrogen-bond donors (Lipinski definition) is 0. The zero-order valence-corrected chi connectivity index (χ0v) is 19.6. The van der Waals surface area contributed by atoms with Gasteiger partial charge in [0.2, 0.25) is 0 Å². The van der Waals surface area contributed by atoms with Gasteiger partial charge in [0.15, 0.2) is 0 Å². The van der Waals surface area contributed by atoms with Gasteiger partial charge in [-0.1, -0.05) is 109 Å². The predicted molar refractivity (Wildman–Crippen MR) is 148 cm³/mol. The molecule has 2 nitrogen and oxygen atoms in total. The molecule has 0 N–H and O–H groups in total. The number of benzene rings is 6. The van der Waals surface area contributed by atoms with E-state index in [1.165, 1.54) is 32.7 Å². The standard InChI is InChI=1S/2C17H11N/c2*18-12-13-8-10-15(11-9-13)17-7-3-5-14-4-1-2-6-16(14)17/h2*1-11H. The predicted octanol–water partition coefficient (Wildman–Crippen LogP) is 8.76. The first-order valence-electron chi connectivity index (χ1n) is 11.7. The molecule has 0 aliphatic carbocycles. The van der Waals surface area contributed by atoms with Crippen molar-refractivity contribution in [2.75, 3.05) is 0 Å². The number of rotatable bonds is 2. The van der Waals surface area contributed by atoms with Crippen LogP contribution in [0.15, 0.2) is 133 Å². The summed E-state index contributed by atoms with van der Waals surface area (Å²) in [5.41, 5.74) is 6.09. The maximum atomic E-state index is 8.82. The van der Waals surface area contributed by atoms with E-state index in [-0.39, 0.29) is 0 Å². The lowest BCUT2D eigenvalue weighted by Crippen LogP contribution is -1.81. The third-order valence-corrected chi connectivity index (χ3v) is 6.23. The second-order valence-corrected chi connectivity index (χ2v) is 8.43. The first-order valence-corrected chi connectivity index (χ1v) is 11.7. The molecule has 0 heterocycles. The van der Waals surface area contributed by atoms with E-state index in [0.717, 1.165) is 11.1 Å². The van der Waals surface area contributed by atoms with E-state index in [2.05, 4.69) is 84.9 Å². The maximum Gasteiger partial charge on any atom is 0.0991 e. The molecule has 0 saturated carbocycles. The van der Waals surface area contributed by atoms with Crippen molar-refractivity contribution in [1.82, 2.24) is 0 Å². The fourth-order valence-corrected chi connectivity index (χ4v) is 4.40. The highest BCUT2D eigenvalue weighted by atomic mass is 14.2. The minimum absolute atomic E-state index is 0.694. The molecule has 2 heteroatoms. The Kier molecular flexibility index (Phi) is 6.53. The average Bonchev–Trinajstić information content (AvgIpc) is 2.97. The zero-order chi connectivity index (χ0) is 24.7. The molecular weight excluding hydrogens is 436 g/mol. The van der Waals surface area contributed by atoms with Gasteiger partial charge >= 0.3 is 0 Å². The van der Waals surface area contributed by atoms with Gasteiger partial charge in [-0.3, -0.25) is 0 Å². The van der Waals surface area contributed by atoms with Gasteiger partial charge in [-0.15, -0.1) is 0 Å². The monoisotopic (exact) mass is 458 g/mol. The maximum absolute atomic E-state index is 8.82. The molecule has 0 atom stereocenters. The highest BCUT2D eigenvalue weighted by Gasteiger charge is 2.04. The number of hydrogen-bond acceptors (Lipinski definition) is 2. The van der Waals surface area contributed by atoms with Gasteiger partial charge in [-0.2, -0.15) is 10.5 Å². The van der Waals surface area contributed by atoms with Crippen LogP contribution >= 0.6 is 0 Å². The molecule has 0 saturated heterocycles. The Morgan fingerprint density at radius 1 is 0.361 bits per heavy atom. The Morgan fingerprint density at radius 3 is 1.11 bits per heavy atom. The summed E-state index contributed by atoms with van der Waals surface area (Å²) in [6.07, 6.45) is 0. The third-order valence-electron chi connectivity index (χ3n) is 6.23. The van der Waals surface area contributed by atoms with Gasteiger partial charge in [0.1, 0.15) is 0 Å². The molecular formula is C34H22N2. The molecule has 6 rings (SSSR count). The van der Waals surface area contributed by atoms with Crippen LogP contribution in [-0.2, 0) is 0 Å². The summed E-state index contributed by atoms with van der Waals surface area (Å²) in [5.74, 6) is 0. The summed E-state index contributed by atoms with van der Waals surface area (Å²) in [6.45, 7) is 0. The molecule has 6 aromatic rings. The van der Waals surface area contributed by atoms with Crippen LogP contribution in [0, 0.1) is 22.7 Å². The fraction of sp³-hybridized carbons (Fsp3) is 0. The van der Waals surface area contributed by atoms with Crippen molar-refractivity contribution in [3.8, 4) is 34.4 Å². The molecule has 0 aliphatic rings. The van der Waals surface area contributed by atoms with Gasteiger partial charge in [-0.05, 0) is 68.1 Å². The summed E-state index contributed by atoms with van der Waals surface area (Å²) in [5, 5.41) is 22.6. The van der Waals surface area contributed by atoms with E-state index in [4.69, 9.17) is 10.5 Å². The molecule has 0 bridgehead atoms. The molecule has 6 aromatic carbocycles.